The Morgan fingerprint density at radius 1 is 1.53 bits per heavy atom. The fraction of sp³-hybridized carbons (Fsp3) is 0.455. The van der Waals surface area contributed by atoms with Crippen LogP contribution < -0.4 is 5.32 Å². The highest BCUT2D eigenvalue weighted by Gasteiger charge is 2.18. The van der Waals surface area contributed by atoms with Crippen molar-refractivity contribution < 1.29 is 13.9 Å². The van der Waals surface area contributed by atoms with E-state index in [1.54, 1.807) is 20.8 Å². The van der Waals surface area contributed by atoms with Gasteiger partial charge in [0.2, 0.25) is 0 Å². The molecule has 4 nitrogen and oxygen atoms in total. The van der Waals surface area contributed by atoms with Crippen LogP contribution in [-0.4, -0.2) is 16.7 Å². The van der Waals surface area contributed by atoms with Crippen LogP contribution in [0.2, 0.25) is 0 Å². The summed E-state index contributed by atoms with van der Waals surface area (Å²) in [4.78, 5) is 15.3. The summed E-state index contributed by atoms with van der Waals surface area (Å²) < 4.78 is 19.1. The minimum atomic E-state index is -0.700. The molecule has 1 aromatic rings. The molecule has 94 valence electrons. The minimum Gasteiger partial charge on any atom is -0.444 e. The van der Waals surface area contributed by atoms with E-state index in [1.807, 2.05) is 0 Å². The monoisotopic (exact) mass is 304 g/mol. The Morgan fingerprint density at radius 2 is 2.12 bits per heavy atom. The molecule has 0 bridgehead atoms. The summed E-state index contributed by atoms with van der Waals surface area (Å²) in [6.07, 6.45) is -0.700. The highest BCUT2D eigenvalue weighted by Crippen LogP contribution is 2.21. The van der Waals surface area contributed by atoms with E-state index in [0.717, 1.165) is 0 Å². The number of hydrogen-bond acceptors (Lipinski definition) is 3. The number of ether oxygens (including phenoxy) is 1. The van der Waals surface area contributed by atoms with E-state index < -0.39 is 17.5 Å². The Labute approximate surface area is 108 Å². The second-order valence-electron chi connectivity index (χ2n) is 4.52. The Morgan fingerprint density at radius 3 is 2.65 bits per heavy atom. The van der Waals surface area contributed by atoms with E-state index in [2.05, 4.69) is 26.2 Å². The summed E-state index contributed by atoms with van der Waals surface area (Å²) in [7, 11) is 0. The lowest BCUT2D eigenvalue weighted by molar-refractivity contribution is 0.0635. The van der Waals surface area contributed by atoms with Gasteiger partial charge in [-0.05, 0) is 49.7 Å². The van der Waals surface area contributed by atoms with E-state index in [1.165, 1.54) is 13.0 Å². The third-order valence-electron chi connectivity index (χ3n) is 1.73. The van der Waals surface area contributed by atoms with E-state index in [-0.39, 0.29) is 11.4 Å². The van der Waals surface area contributed by atoms with Crippen molar-refractivity contribution in [2.24, 2.45) is 0 Å². The van der Waals surface area contributed by atoms with Crippen molar-refractivity contribution in [3.63, 3.8) is 0 Å². The summed E-state index contributed by atoms with van der Waals surface area (Å²) in [5.74, 6) is -0.570. The fourth-order valence-corrected chi connectivity index (χ4v) is 1.62. The number of pyridine rings is 1. The number of hydrogen-bond donors (Lipinski definition) is 1. The lowest BCUT2D eigenvalue weighted by Gasteiger charge is -2.20. The second kappa shape index (κ2) is 5.00. The van der Waals surface area contributed by atoms with Gasteiger partial charge >= 0.3 is 6.09 Å². The predicted molar refractivity (Wildman–Crippen MR) is 66.5 cm³/mol. The number of carbonyl (C=O) groups is 1. The van der Waals surface area contributed by atoms with E-state index in [0.29, 0.717) is 4.60 Å². The maximum absolute atomic E-state index is 13.6. The van der Waals surface area contributed by atoms with Crippen molar-refractivity contribution in [1.82, 2.24) is 4.98 Å². The van der Waals surface area contributed by atoms with Crippen LogP contribution in [-0.2, 0) is 4.74 Å². The molecule has 1 rings (SSSR count). The highest BCUT2D eigenvalue weighted by atomic mass is 79.9. The Bertz CT molecular complexity index is 444. The standard InChI is InChI=1S/C11H14BrFN2O2/c1-6-9(13)7(5-8(12)14-6)15-10(16)17-11(2,3)4/h5H,1-4H3,(H,14,15,16). The van der Waals surface area contributed by atoms with Gasteiger partial charge < -0.3 is 4.74 Å². The summed E-state index contributed by atoms with van der Waals surface area (Å²) >= 11 is 3.13. The molecule has 0 aromatic carbocycles. The van der Waals surface area contributed by atoms with Crippen molar-refractivity contribution in [3.05, 3.63) is 22.2 Å². The van der Waals surface area contributed by atoms with Gasteiger partial charge in [-0.1, -0.05) is 0 Å². The number of halogens is 2. The molecule has 0 spiro atoms. The predicted octanol–water partition coefficient (Wildman–Crippen LogP) is 3.64. The quantitative estimate of drug-likeness (QED) is 0.806. The second-order valence-corrected chi connectivity index (χ2v) is 5.33. The molecule has 0 fully saturated rings. The van der Waals surface area contributed by atoms with Gasteiger partial charge in [0.15, 0.2) is 5.82 Å². The van der Waals surface area contributed by atoms with Crippen LogP contribution in [0.5, 0.6) is 0 Å². The number of carbonyl (C=O) groups excluding carboxylic acids is 1. The first kappa shape index (κ1) is 13.9. The number of nitrogens with one attached hydrogen (secondary N) is 1. The first-order chi connectivity index (χ1) is 7.69. The molecule has 0 aliphatic carbocycles. The molecule has 1 N–H and O–H groups in total. The molecule has 0 aliphatic heterocycles. The van der Waals surface area contributed by atoms with E-state index in [4.69, 9.17) is 4.74 Å². The average molecular weight is 305 g/mol. The van der Waals surface area contributed by atoms with Crippen LogP contribution in [0.3, 0.4) is 0 Å². The molecule has 1 amide bonds. The van der Waals surface area contributed by atoms with Gasteiger partial charge in [0.05, 0.1) is 11.4 Å². The molecule has 17 heavy (non-hydrogen) atoms. The topological polar surface area (TPSA) is 51.2 Å². The van der Waals surface area contributed by atoms with Gasteiger partial charge in [0.1, 0.15) is 10.2 Å². The van der Waals surface area contributed by atoms with Gasteiger partial charge in [0, 0.05) is 0 Å². The van der Waals surface area contributed by atoms with Crippen molar-refractivity contribution in [1.29, 1.82) is 0 Å². The molecule has 0 saturated heterocycles. The molecule has 1 heterocycles. The molecule has 6 heteroatoms. The van der Waals surface area contributed by atoms with Crippen LogP contribution in [0.15, 0.2) is 10.7 Å². The lowest BCUT2D eigenvalue weighted by atomic mass is 10.2. The molecule has 0 unspecified atom stereocenters. The normalized spacial score (nSPS) is 11.2. The zero-order valence-corrected chi connectivity index (χ0v) is 11.7. The van der Waals surface area contributed by atoms with Crippen LogP contribution in [0.4, 0.5) is 14.9 Å². The number of aromatic nitrogens is 1. The Kier molecular flexibility index (Phi) is 4.08. The molecular formula is C11H14BrFN2O2. The van der Waals surface area contributed by atoms with Gasteiger partial charge in [-0.2, -0.15) is 0 Å². The molecular weight excluding hydrogens is 291 g/mol. The minimum absolute atomic E-state index is 0.0404. The zero-order chi connectivity index (χ0) is 13.2. The third kappa shape index (κ3) is 4.30. The first-order valence-electron chi connectivity index (χ1n) is 5.01. The summed E-state index contributed by atoms with van der Waals surface area (Å²) in [6.45, 7) is 6.71. The first-order valence-corrected chi connectivity index (χ1v) is 5.81. The van der Waals surface area contributed by atoms with Gasteiger partial charge in [-0.25, -0.2) is 14.2 Å². The lowest BCUT2D eigenvalue weighted by Crippen LogP contribution is -2.27. The number of rotatable bonds is 1. The molecule has 0 radical (unpaired) electrons. The number of nitrogens with zero attached hydrogens (tertiary/aromatic N) is 1. The largest absolute Gasteiger partial charge is 0.444 e. The fourth-order valence-electron chi connectivity index (χ4n) is 1.12. The number of anilines is 1. The van der Waals surface area contributed by atoms with Crippen molar-refractivity contribution in [3.8, 4) is 0 Å². The van der Waals surface area contributed by atoms with Crippen molar-refractivity contribution >= 4 is 27.7 Å². The van der Waals surface area contributed by atoms with Gasteiger partial charge in [-0.15, -0.1) is 0 Å². The maximum atomic E-state index is 13.6. The Balaban J connectivity index is 2.85. The van der Waals surface area contributed by atoms with Crippen LogP contribution in [0, 0.1) is 12.7 Å². The summed E-state index contributed by atoms with van der Waals surface area (Å²) in [5, 5.41) is 2.34. The van der Waals surface area contributed by atoms with Crippen molar-refractivity contribution in [2.75, 3.05) is 5.32 Å². The highest BCUT2D eigenvalue weighted by molar-refractivity contribution is 9.10. The third-order valence-corrected chi connectivity index (χ3v) is 2.13. The molecule has 0 aliphatic rings. The van der Waals surface area contributed by atoms with Crippen LogP contribution >= 0.6 is 15.9 Å². The van der Waals surface area contributed by atoms with Crippen molar-refractivity contribution in [2.45, 2.75) is 33.3 Å². The van der Waals surface area contributed by atoms with Crippen LogP contribution in [0.1, 0.15) is 26.5 Å². The van der Waals surface area contributed by atoms with Gasteiger partial charge in [0.25, 0.3) is 0 Å². The summed E-state index contributed by atoms with van der Waals surface area (Å²) in [6, 6.07) is 1.38. The Hall–Kier alpha value is -1.17. The maximum Gasteiger partial charge on any atom is 0.412 e. The number of amides is 1. The smallest absolute Gasteiger partial charge is 0.412 e. The van der Waals surface area contributed by atoms with Crippen LogP contribution in [0.25, 0.3) is 0 Å². The average Bonchev–Trinajstić information content (AvgIpc) is 2.10. The van der Waals surface area contributed by atoms with E-state index >= 15 is 0 Å². The SMILES string of the molecule is Cc1nc(Br)cc(NC(=O)OC(C)(C)C)c1F. The zero-order valence-electron chi connectivity index (χ0n) is 10.1. The summed E-state index contributed by atoms with van der Waals surface area (Å²) in [5.41, 5.74) is -0.385. The molecule has 0 atom stereocenters. The van der Waals surface area contributed by atoms with E-state index in [9.17, 15) is 9.18 Å². The molecule has 1 aromatic heterocycles. The van der Waals surface area contributed by atoms with Gasteiger partial charge in [-0.3, -0.25) is 5.32 Å². The molecule has 0 saturated carbocycles. The number of aryl methyl sites for hydroxylation is 1.